The molecule has 1 fully saturated rings. The van der Waals surface area contributed by atoms with Crippen molar-refractivity contribution in [2.45, 2.75) is 19.3 Å². The molecular weight excluding hydrogens is 290 g/mol. The Morgan fingerprint density at radius 1 is 1.48 bits per heavy atom. The summed E-state index contributed by atoms with van der Waals surface area (Å²) in [5.74, 6) is 1.42. The summed E-state index contributed by atoms with van der Waals surface area (Å²) < 4.78 is 0. The number of carbonyl (C=O) groups excluding carboxylic acids is 1. The van der Waals surface area contributed by atoms with Crippen LogP contribution in [0.15, 0.2) is 18.3 Å². The van der Waals surface area contributed by atoms with Crippen molar-refractivity contribution in [3.8, 4) is 0 Å². The van der Waals surface area contributed by atoms with Crippen molar-refractivity contribution < 1.29 is 9.90 Å². The third-order valence-corrected chi connectivity index (χ3v) is 4.32. The van der Waals surface area contributed by atoms with E-state index in [0.29, 0.717) is 29.2 Å². The first-order valence-electron chi connectivity index (χ1n) is 7.30. The van der Waals surface area contributed by atoms with Crippen LogP contribution in [0.5, 0.6) is 0 Å². The highest BCUT2D eigenvalue weighted by Gasteiger charge is 2.26. The number of aliphatic hydroxyl groups excluding tert-OH is 1. The molecule has 2 atom stereocenters. The molecule has 0 saturated heterocycles. The second-order valence-corrected chi connectivity index (χ2v) is 6.06. The number of aliphatic hydroxyl groups is 1. The minimum absolute atomic E-state index is 0.0298. The topological polar surface area (TPSA) is 65.5 Å². The number of halogens is 1. The number of pyridine rings is 1. The molecule has 1 aromatic heterocycles. The number of amides is 1. The molecule has 0 bridgehead atoms. The minimum Gasteiger partial charge on any atom is -0.396 e. The second-order valence-electron chi connectivity index (χ2n) is 5.63. The zero-order valence-corrected chi connectivity index (χ0v) is 13.0. The van der Waals surface area contributed by atoms with E-state index in [4.69, 9.17) is 11.6 Å². The van der Waals surface area contributed by atoms with Crippen molar-refractivity contribution in [3.63, 3.8) is 0 Å². The number of hydrogen-bond donors (Lipinski definition) is 2. The lowest BCUT2D eigenvalue weighted by Crippen LogP contribution is -2.38. The monoisotopic (exact) mass is 311 g/mol. The van der Waals surface area contributed by atoms with Gasteiger partial charge in [0.2, 0.25) is 5.91 Å². The van der Waals surface area contributed by atoms with Crippen LogP contribution in [0.2, 0.25) is 5.02 Å². The fourth-order valence-electron chi connectivity index (χ4n) is 2.81. The summed E-state index contributed by atoms with van der Waals surface area (Å²) in [6.45, 7) is 1.12. The quantitative estimate of drug-likeness (QED) is 0.839. The molecule has 0 aliphatic heterocycles. The van der Waals surface area contributed by atoms with E-state index < -0.39 is 0 Å². The summed E-state index contributed by atoms with van der Waals surface area (Å²) in [7, 11) is 1.82. The van der Waals surface area contributed by atoms with Gasteiger partial charge in [-0.3, -0.25) is 4.79 Å². The number of anilines is 1. The van der Waals surface area contributed by atoms with E-state index in [2.05, 4.69) is 10.3 Å². The fraction of sp³-hybridized carbons (Fsp3) is 0.600. The molecule has 5 nitrogen and oxygen atoms in total. The van der Waals surface area contributed by atoms with Gasteiger partial charge in [0.15, 0.2) is 0 Å². The first kappa shape index (κ1) is 16.0. The van der Waals surface area contributed by atoms with Gasteiger partial charge in [0.25, 0.3) is 0 Å². The summed E-state index contributed by atoms with van der Waals surface area (Å²) in [5, 5.41) is 12.8. The Hall–Kier alpha value is -1.33. The number of likely N-dealkylation sites (N-methyl/N-ethyl adjacent to an activating group) is 1. The van der Waals surface area contributed by atoms with Crippen molar-refractivity contribution in [2.24, 2.45) is 11.8 Å². The van der Waals surface area contributed by atoms with Gasteiger partial charge in [-0.2, -0.15) is 0 Å². The molecular formula is C15H22ClN3O2. The molecule has 1 aromatic rings. The van der Waals surface area contributed by atoms with Crippen LogP contribution < -0.4 is 10.2 Å². The highest BCUT2D eigenvalue weighted by molar-refractivity contribution is 6.30. The molecule has 1 saturated carbocycles. The largest absolute Gasteiger partial charge is 0.396 e. The summed E-state index contributed by atoms with van der Waals surface area (Å²) >= 11 is 5.79. The lowest BCUT2D eigenvalue weighted by atomic mass is 9.97. The molecule has 116 valence electrons. The molecule has 2 unspecified atom stereocenters. The third-order valence-electron chi connectivity index (χ3n) is 4.10. The van der Waals surface area contributed by atoms with Crippen LogP contribution in [0.1, 0.15) is 19.3 Å². The van der Waals surface area contributed by atoms with Crippen LogP contribution in [-0.4, -0.2) is 42.7 Å². The Kier molecular flexibility index (Phi) is 5.82. The molecule has 1 aliphatic rings. The highest BCUT2D eigenvalue weighted by atomic mass is 35.5. The van der Waals surface area contributed by atoms with E-state index >= 15 is 0 Å². The lowest BCUT2D eigenvalue weighted by Gasteiger charge is -2.20. The van der Waals surface area contributed by atoms with Gasteiger partial charge >= 0.3 is 0 Å². The molecule has 0 spiro atoms. The van der Waals surface area contributed by atoms with Crippen molar-refractivity contribution in [2.75, 3.05) is 31.6 Å². The summed E-state index contributed by atoms with van der Waals surface area (Å²) in [5.41, 5.74) is 0. The second kappa shape index (κ2) is 7.61. The molecule has 6 heteroatoms. The predicted octanol–water partition coefficient (Wildman–Crippen LogP) is 1.70. The molecule has 2 rings (SSSR count). The van der Waals surface area contributed by atoms with Crippen LogP contribution in [0, 0.1) is 11.8 Å². The Balaban J connectivity index is 1.77. The predicted molar refractivity (Wildman–Crippen MR) is 83.4 cm³/mol. The van der Waals surface area contributed by atoms with E-state index in [0.717, 1.165) is 19.3 Å². The Bertz CT molecular complexity index is 466. The molecule has 0 aromatic carbocycles. The third kappa shape index (κ3) is 4.58. The smallest absolute Gasteiger partial charge is 0.239 e. The highest BCUT2D eigenvalue weighted by Crippen LogP contribution is 2.30. The van der Waals surface area contributed by atoms with E-state index in [9.17, 15) is 9.90 Å². The Morgan fingerprint density at radius 3 is 2.90 bits per heavy atom. The molecule has 0 radical (unpaired) electrons. The molecule has 1 heterocycles. The van der Waals surface area contributed by atoms with E-state index in [1.807, 2.05) is 7.05 Å². The lowest BCUT2D eigenvalue weighted by molar-refractivity contribution is -0.120. The van der Waals surface area contributed by atoms with Gasteiger partial charge in [-0.15, -0.1) is 0 Å². The first-order valence-corrected chi connectivity index (χ1v) is 7.68. The molecule has 1 aliphatic carbocycles. The first-order chi connectivity index (χ1) is 10.1. The summed E-state index contributed by atoms with van der Waals surface area (Å²) in [6, 6.07) is 3.54. The van der Waals surface area contributed by atoms with Gasteiger partial charge in [0.05, 0.1) is 11.6 Å². The normalized spacial score (nSPS) is 21.3. The molecule has 1 amide bonds. The van der Waals surface area contributed by atoms with Crippen molar-refractivity contribution >= 4 is 23.3 Å². The van der Waals surface area contributed by atoms with Gasteiger partial charge < -0.3 is 15.3 Å². The van der Waals surface area contributed by atoms with Gasteiger partial charge in [0.1, 0.15) is 5.82 Å². The SMILES string of the molecule is CN(CC(=O)NCC1CCCC1CO)c1ccc(Cl)cn1. The number of carbonyl (C=O) groups is 1. The maximum absolute atomic E-state index is 12.0. The average molecular weight is 312 g/mol. The van der Waals surface area contributed by atoms with Crippen LogP contribution in [0.3, 0.4) is 0 Å². The van der Waals surface area contributed by atoms with Crippen LogP contribution in [0.25, 0.3) is 0 Å². The maximum atomic E-state index is 12.0. The van der Waals surface area contributed by atoms with Crippen molar-refractivity contribution in [3.05, 3.63) is 23.4 Å². The standard InChI is InChI=1S/C15H22ClN3O2/c1-19(14-6-5-13(16)8-17-14)9-15(21)18-7-11-3-2-4-12(11)10-20/h5-6,8,11-12,20H,2-4,7,9-10H2,1H3,(H,18,21). The number of nitrogens with one attached hydrogen (secondary N) is 1. The van der Waals surface area contributed by atoms with E-state index in [1.165, 1.54) is 0 Å². The maximum Gasteiger partial charge on any atom is 0.239 e. The number of hydrogen-bond acceptors (Lipinski definition) is 4. The summed E-state index contributed by atoms with van der Waals surface area (Å²) in [6.07, 6.45) is 4.85. The molecule has 2 N–H and O–H groups in total. The van der Waals surface area contributed by atoms with Crippen LogP contribution >= 0.6 is 11.6 Å². The zero-order valence-electron chi connectivity index (χ0n) is 12.3. The summed E-state index contributed by atoms with van der Waals surface area (Å²) in [4.78, 5) is 17.9. The zero-order chi connectivity index (χ0) is 15.2. The number of rotatable bonds is 6. The minimum atomic E-state index is -0.0298. The van der Waals surface area contributed by atoms with E-state index in [1.54, 1.807) is 23.2 Å². The van der Waals surface area contributed by atoms with Gasteiger partial charge in [-0.25, -0.2) is 4.98 Å². The van der Waals surface area contributed by atoms with Crippen LogP contribution in [-0.2, 0) is 4.79 Å². The Labute approximate surface area is 130 Å². The number of nitrogens with zero attached hydrogens (tertiary/aromatic N) is 2. The van der Waals surface area contributed by atoms with Crippen molar-refractivity contribution in [1.29, 1.82) is 0 Å². The number of aromatic nitrogens is 1. The van der Waals surface area contributed by atoms with Gasteiger partial charge in [-0.05, 0) is 36.8 Å². The van der Waals surface area contributed by atoms with Gasteiger partial charge in [-0.1, -0.05) is 18.0 Å². The van der Waals surface area contributed by atoms with Crippen LogP contribution in [0.4, 0.5) is 5.82 Å². The average Bonchev–Trinajstić information content (AvgIpc) is 2.93. The Morgan fingerprint density at radius 2 is 2.24 bits per heavy atom. The van der Waals surface area contributed by atoms with Gasteiger partial charge in [0, 0.05) is 26.4 Å². The van der Waals surface area contributed by atoms with E-state index in [-0.39, 0.29) is 19.1 Å². The van der Waals surface area contributed by atoms with Crippen molar-refractivity contribution in [1.82, 2.24) is 10.3 Å². The molecule has 21 heavy (non-hydrogen) atoms. The fourth-order valence-corrected chi connectivity index (χ4v) is 2.93.